The number of methoxy groups -OCH3 is 1. The van der Waals surface area contributed by atoms with Gasteiger partial charge in [0.05, 0.1) is 7.11 Å². The van der Waals surface area contributed by atoms with Crippen molar-refractivity contribution in [2.45, 2.75) is 12.8 Å². The first-order chi connectivity index (χ1) is 6.69. The first-order valence-electron chi connectivity index (χ1n) is 4.49. The van der Waals surface area contributed by atoms with Crippen molar-refractivity contribution in [1.82, 2.24) is 4.90 Å². The first kappa shape index (κ1) is 10.6. The Bertz CT molecular complexity index is 234. The first-order valence-corrected chi connectivity index (χ1v) is 4.49. The van der Waals surface area contributed by atoms with Gasteiger partial charge < -0.3 is 20.6 Å². The van der Waals surface area contributed by atoms with Crippen LogP contribution in [0.15, 0.2) is 5.16 Å². The normalized spacial score (nSPS) is 19.5. The fourth-order valence-corrected chi connectivity index (χ4v) is 1.57. The molecule has 1 aliphatic heterocycles. The Labute approximate surface area is 82.3 Å². The molecule has 1 heterocycles. The summed E-state index contributed by atoms with van der Waals surface area (Å²) in [5.74, 6) is 0.315. The molecule has 1 saturated heterocycles. The zero-order valence-corrected chi connectivity index (χ0v) is 8.14. The van der Waals surface area contributed by atoms with Crippen LogP contribution in [0.1, 0.15) is 12.8 Å². The molecule has 0 aromatic heterocycles. The minimum absolute atomic E-state index is 0.0703. The highest BCUT2D eigenvalue weighted by Gasteiger charge is 2.25. The highest BCUT2D eigenvalue weighted by molar-refractivity contribution is 5.82. The fourth-order valence-electron chi connectivity index (χ4n) is 1.57. The molecule has 14 heavy (non-hydrogen) atoms. The van der Waals surface area contributed by atoms with Crippen LogP contribution in [0.2, 0.25) is 0 Å². The smallest absolute Gasteiger partial charge is 0.409 e. The van der Waals surface area contributed by atoms with Gasteiger partial charge in [-0.05, 0) is 12.8 Å². The van der Waals surface area contributed by atoms with Gasteiger partial charge in [-0.25, -0.2) is 4.79 Å². The Balaban J connectivity index is 2.42. The topological polar surface area (TPSA) is 88.2 Å². The lowest BCUT2D eigenvalue weighted by Gasteiger charge is -2.29. The Morgan fingerprint density at radius 1 is 1.57 bits per heavy atom. The van der Waals surface area contributed by atoms with Crippen LogP contribution in [0, 0.1) is 5.92 Å². The SMILES string of the molecule is COC(=O)N1CCC(C(N)=NO)CC1. The summed E-state index contributed by atoms with van der Waals surface area (Å²) in [5.41, 5.74) is 5.47. The average molecular weight is 201 g/mol. The molecule has 1 rings (SSSR count). The average Bonchev–Trinajstić information content (AvgIpc) is 2.27. The molecule has 1 fully saturated rings. The van der Waals surface area contributed by atoms with Crippen LogP contribution in [-0.4, -0.2) is 42.2 Å². The van der Waals surface area contributed by atoms with Crippen LogP contribution in [-0.2, 0) is 4.74 Å². The molecule has 1 amide bonds. The summed E-state index contributed by atoms with van der Waals surface area (Å²) >= 11 is 0. The van der Waals surface area contributed by atoms with E-state index in [2.05, 4.69) is 9.89 Å². The Hall–Kier alpha value is -1.46. The number of rotatable bonds is 1. The number of hydrogen-bond acceptors (Lipinski definition) is 4. The quantitative estimate of drug-likeness (QED) is 0.275. The van der Waals surface area contributed by atoms with Gasteiger partial charge in [-0.15, -0.1) is 0 Å². The number of nitrogens with two attached hydrogens (primary N) is 1. The number of carbonyl (C=O) groups excluding carboxylic acids is 1. The molecular weight excluding hydrogens is 186 g/mol. The molecule has 0 spiro atoms. The second kappa shape index (κ2) is 4.69. The van der Waals surface area contributed by atoms with Crippen LogP contribution in [0.25, 0.3) is 0 Å². The van der Waals surface area contributed by atoms with E-state index >= 15 is 0 Å². The Kier molecular flexibility index (Phi) is 3.55. The predicted molar refractivity (Wildman–Crippen MR) is 50.1 cm³/mol. The molecular formula is C8H15N3O3. The number of amidine groups is 1. The van der Waals surface area contributed by atoms with Gasteiger partial charge in [0.25, 0.3) is 0 Å². The lowest BCUT2D eigenvalue weighted by Crippen LogP contribution is -2.41. The molecule has 0 aliphatic carbocycles. The van der Waals surface area contributed by atoms with E-state index in [1.165, 1.54) is 7.11 Å². The molecule has 0 aromatic carbocycles. The van der Waals surface area contributed by atoms with Gasteiger partial charge in [-0.2, -0.15) is 0 Å². The molecule has 1 aliphatic rings. The monoisotopic (exact) mass is 201 g/mol. The maximum atomic E-state index is 11.1. The van der Waals surface area contributed by atoms with Crippen molar-refractivity contribution in [1.29, 1.82) is 0 Å². The number of hydrogen-bond donors (Lipinski definition) is 2. The predicted octanol–water partition coefficient (Wildman–Crippen LogP) is 0.211. The largest absolute Gasteiger partial charge is 0.453 e. The highest BCUT2D eigenvalue weighted by atomic mass is 16.5. The second-order valence-corrected chi connectivity index (χ2v) is 3.26. The second-order valence-electron chi connectivity index (χ2n) is 3.26. The summed E-state index contributed by atoms with van der Waals surface area (Å²) < 4.78 is 4.59. The lowest BCUT2D eigenvalue weighted by atomic mass is 9.96. The fraction of sp³-hybridized carbons (Fsp3) is 0.750. The van der Waals surface area contributed by atoms with Crippen molar-refractivity contribution in [3.63, 3.8) is 0 Å². The summed E-state index contributed by atoms with van der Waals surface area (Å²) in [5, 5.41) is 11.4. The number of piperidine rings is 1. The van der Waals surface area contributed by atoms with Crippen molar-refractivity contribution >= 4 is 11.9 Å². The van der Waals surface area contributed by atoms with Crippen molar-refractivity contribution in [2.75, 3.05) is 20.2 Å². The van der Waals surface area contributed by atoms with E-state index in [4.69, 9.17) is 10.9 Å². The molecule has 3 N–H and O–H groups in total. The van der Waals surface area contributed by atoms with E-state index in [9.17, 15) is 4.79 Å². The lowest BCUT2D eigenvalue weighted by molar-refractivity contribution is 0.111. The van der Waals surface area contributed by atoms with Crippen LogP contribution >= 0.6 is 0 Å². The number of oxime groups is 1. The molecule has 0 atom stereocenters. The number of nitrogens with zero attached hydrogens (tertiary/aromatic N) is 2. The van der Waals surface area contributed by atoms with Crippen LogP contribution < -0.4 is 5.73 Å². The van der Waals surface area contributed by atoms with Gasteiger partial charge in [0, 0.05) is 19.0 Å². The molecule has 0 bridgehead atoms. The molecule has 80 valence electrons. The van der Waals surface area contributed by atoms with Gasteiger partial charge in [-0.3, -0.25) is 0 Å². The molecule has 0 saturated carbocycles. The summed E-state index contributed by atoms with van der Waals surface area (Å²) in [6.07, 6.45) is 1.11. The van der Waals surface area contributed by atoms with Crippen molar-refractivity contribution in [3.8, 4) is 0 Å². The van der Waals surface area contributed by atoms with Gasteiger partial charge >= 0.3 is 6.09 Å². The minimum atomic E-state index is -0.317. The molecule has 6 nitrogen and oxygen atoms in total. The Morgan fingerprint density at radius 3 is 2.57 bits per heavy atom. The zero-order chi connectivity index (χ0) is 10.6. The van der Waals surface area contributed by atoms with Gasteiger partial charge in [0.15, 0.2) is 0 Å². The third kappa shape index (κ3) is 2.27. The maximum Gasteiger partial charge on any atom is 0.409 e. The highest BCUT2D eigenvalue weighted by Crippen LogP contribution is 2.17. The van der Waals surface area contributed by atoms with Crippen LogP contribution in [0.5, 0.6) is 0 Å². The van der Waals surface area contributed by atoms with Crippen molar-refractivity contribution in [3.05, 3.63) is 0 Å². The van der Waals surface area contributed by atoms with Gasteiger partial charge in [0.1, 0.15) is 5.84 Å². The van der Waals surface area contributed by atoms with E-state index in [1.807, 2.05) is 0 Å². The summed E-state index contributed by atoms with van der Waals surface area (Å²) in [4.78, 5) is 12.7. The van der Waals surface area contributed by atoms with Crippen LogP contribution in [0.4, 0.5) is 4.79 Å². The number of carbonyl (C=O) groups is 1. The molecule has 0 unspecified atom stereocenters. The minimum Gasteiger partial charge on any atom is -0.453 e. The summed E-state index contributed by atoms with van der Waals surface area (Å²) in [6, 6.07) is 0. The number of ether oxygens (including phenoxy) is 1. The number of likely N-dealkylation sites (tertiary alicyclic amines) is 1. The summed E-state index contributed by atoms with van der Waals surface area (Å²) in [6.45, 7) is 1.18. The van der Waals surface area contributed by atoms with Crippen molar-refractivity contribution < 1.29 is 14.7 Å². The third-order valence-corrected chi connectivity index (χ3v) is 2.46. The van der Waals surface area contributed by atoms with E-state index in [0.29, 0.717) is 25.9 Å². The molecule has 0 radical (unpaired) electrons. The zero-order valence-electron chi connectivity index (χ0n) is 8.14. The van der Waals surface area contributed by atoms with Gasteiger partial charge in [-0.1, -0.05) is 5.16 Å². The van der Waals surface area contributed by atoms with Gasteiger partial charge in [0.2, 0.25) is 0 Å². The van der Waals surface area contributed by atoms with E-state index in [-0.39, 0.29) is 17.8 Å². The molecule has 0 aromatic rings. The third-order valence-electron chi connectivity index (χ3n) is 2.46. The Morgan fingerprint density at radius 2 is 2.14 bits per heavy atom. The molecule has 6 heteroatoms. The van der Waals surface area contributed by atoms with E-state index < -0.39 is 0 Å². The van der Waals surface area contributed by atoms with E-state index in [1.54, 1.807) is 4.90 Å². The standard InChI is InChI=1S/C8H15N3O3/c1-14-8(12)11-4-2-6(3-5-11)7(9)10-13/h6,13H,2-5H2,1H3,(H2,9,10). The van der Waals surface area contributed by atoms with Crippen LogP contribution in [0.3, 0.4) is 0 Å². The number of amides is 1. The van der Waals surface area contributed by atoms with E-state index in [0.717, 1.165) is 0 Å². The maximum absolute atomic E-state index is 11.1. The summed E-state index contributed by atoms with van der Waals surface area (Å²) in [7, 11) is 1.36. The van der Waals surface area contributed by atoms with Crippen molar-refractivity contribution in [2.24, 2.45) is 16.8 Å².